The molecule has 1 heterocycles. The van der Waals surface area contributed by atoms with E-state index in [1.807, 2.05) is 38.1 Å². The van der Waals surface area contributed by atoms with Gasteiger partial charge in [-0.3, -0.25) is 4.79 Å². The van der Waals surface area contributed by atoms with Crippen LogP contribution in [0.5, 0.6) is 5.75 Å². The van der Waals surface area contributed by atoms with Gasteiger partial charge in [-0.25, -0.2) is 4.39 Å². The number of carbonyl (C=O) groups is 1. The van der Waals surface area contributed by atoms with Gasteiger partial charge in [0.1, 0.15) is 11.6 Å². The number of nitrogens with one attached hydrogen (secondary N) is 1. The van der Waals surface area contributed by atoms with Gasteiger partial charge in [-0.15, -0.1) is 10.2 Å². The van der Waals surface area contributed by atoms with Crippen LogP contribution >= 0.6 is 23.1 Å². The number of ether oxygens (including phenoxy) is 1. The zero-order chi connectivity index (χ0) is 21.5. The van der Waals surface area contributed by atoms with Gasteiger partial charge in [-0.05, 0) is 43.7 Å². The second kappa shape index (κ2) is 10.4. The number of hydrogen-bond acceptors (Lipinski definition) is 7. The highest BCUT2D eigenvalue weighted by Gasteiger charge is 2.21. The molecule has 1 atom stereocenters. The second-order valence-electron chi connectivity index (χ2n) is 6.51. The molecule has 30 heavy (non-hydrogen) atoms. The topological polar surface area (TPSA) is 67.3 Å². The molecule has 1 unspecified atom stereocenters. The van der Waals surface area contributed by atoms with Crippen LogP contribution in [0.15, 0.2) is 52.9 Å². The van der Waals surface area contributed by atoms with E-state index < -0.39 is 0 Å². The average molecular weight is 447 g/mol. The molecule has 0 spiro atoms. The van der Waals surface area contributed by atoms with Crippen LogP contribution in [0.1, 0.15) is 19.4 Å². The molecule has 2 aromatic carbocycles. The first-order valence-electron chi connectivity index (χ1n) is 9.44. The third kappa shape index (κ3) is 5.93. The number of nitrogens with zero attached hydrogens (tertiary/aromatic N) is 3. The molecular weight excluding hydrogens is 423 g/mol. The predicted molar refractivity (Wildman–Crippen MR) is 119 cm³/mol. The van der Waals surface area contributed by atoms with Gasteiger partial charge in [0.2, 0.25) is 11.0 Å². The van der Waals surface area contributed by atoms with Gasteiger partial charge in [0.05, 0.1) is 17.5 Å². The van der Waals surface area contributed by atoms with Crippen LogP contribution in [0.3, 0.4) is 0 Å². The minimum Gasteiger partial charge on any atom is -0.492 e. The fourth-order valence-electron chi connectivity index (χ4n) is 2.77. The van der Waals surface area contributed by atoms with Crippen molar-refractivity contribution in [1.29, 1.82) is 0 Å². The van der Waals surface area contributed by atoms with Crippen LogP contribution in [-0.4, -0.2) is 39.9 Å². The van der Waals surface area contributed by atoms with Crippen molar-refractivity contribution < 1.29 is 13.9 Å². The number of benzene rings is 2. The summed E-state index contributed by atoms with van der Waals surface area (Å²) in [4.78, 5) is 14.3. The van der Waals surface area contributed by atoms with Crippen molar-refractivity contribution >= 4 is 39.8 Å². The summed E-state index contributed by atoms with van der Waals surface area (Å²) in [6.07, 6.45) is 0. The molecule has 158 valence electrons. The quantitative estimate of drug-likeness (QED) is 0.469. The van der Waals surface area contributed by atoms with E-state index >= 15 is 0 Å². The molecule has 0 fully saturated rings. The first-order chi connectivity index (χ1) is 14.5. The van der Waals surface area contributed by atoms with E-state index in [4.69, 9.17) is 4.74 Å². The van der Waals surface area contributed by atoms with Crippen molar-refractivity contribution in [3.8, 4) is 5.75 Å². The molecule has 0 radical (unpaired) electrons. The summed E-state index contributed by atoms with van der Waals surface area (Å²) >= 11 is 2.72. The van der Waals surface area contributed by atoms with E-state index in [0.29, 0.717) is 22.6 Å². The lowest BCUT2D eigenvalue weighted by molar-refractivity contribution is -0.129. The fourth-order valence-corrected chi connectivity index (χ4v) is 4.80. The van der Waals surface area contributed by atoms with Crippen molar-refractivity contribution in [2.45, 2.75) is 30.0 Å². The molecule has 0 saturated heterocycles. The zero-order valence-corrected chi connectivity index (χ0v) is 18.6. The van der Waals surface area contributed by atoms with Gasteiger partial charge >= 0.3 is 0 Å². The number of carbonyl (C=O) groups excluding carboxylic acids is 1. The minimum atomic E-state index is -0.347. The highest BCUT2D eigenvalue weighted by atomic mass is 32.2. The Balaban J connectivity index is 1.59. The van der Waals surface area contributed by atoms with Crippen LogP contribution in [0.4, 0.5) is 15.2 Å². The molecule has 0 bridgehead atoms. The highest BCUT2D eigenvalue weighted by Crippen LogP contribution is 2.33. The number of halogens is 1. The molecule has 1 N–H and O–H groups in total. The summed E-state index contributed by atoms with van der Waals surface area (Å²) in [5.41, 5.74) is 1.56. The van der Waals surface area contributed by atoms with Crippen LogP contribution < -0.4 is 10.1 Å². The van der Waals surface area contributed by atoms with Crippen molar-refractivity contribution in [3.05, 3.63) is 59.9 Å². The average Bonchev–Trinajstić information content (AvgIpc) is 3.15. The molecule has 3 aromatic rings. The third-order valence-electron chi connectivity index (χ3n) is 4.15. The molecule has 1 aromatic heterocycles. The van der Waals surface area contributed by atoms with Crippen LogP contribution in [0, 0.1) is 5.82 Å². The lowest BCUT2D eigenvalue weighted by atomic mass is 10.2. The summed E-state index contributed by atoms with van der Waals surface area (Å²) in [6, 6.07) is 13.9. The number of aromatic nitrogens is 2. The van der Waals surface area contributed by atoms with Crippen LogP contribution in [0.25, 0.3) is 0 Å². The summed E-state index contributed by atoms with van der Waals surface area (Å²) in [6.45, 7) is 4.67. The maximum absolute atomic E-state index is 13.4. The first kappa shape index (κ1) is 22.0. The van der Waals surface area contributed by atoms with Crippen LogP contribution in [0.2, 0.25) is 0 Å². The Hall–Kier alpha value is -2.65. The number of thioether (sulfide) groups is 1. The maximum atomic E-state index is 13.4. The van der Waals surface area contributed by atoms with Gasteiger partial charge in [0, 0.05) is 13.6 Å². The molecule has 3 rings (SSSR count). The molecule has 0 saturated carbocycles. The largest absolute Gasteiger partial charge is 0.492 e. The summed E-state index contributed by atoms with van der Waals surface area (Å²) < 4.78 is 19.7. The Morgan fingerprint density at radius 3 is 2.83 bits per heavy atom. The Morgan fingerprint density at radius 2 is 2.07 bits per heavy atom. The van der Waals surface area contributed by atoms with E-state index in [-0.39, 0.29) is 17.0 Å². The highest BCUT2D eigenvalue weighted by molar-refractivity contribution is 8.02. The maximum Gasteiger partial charge on any atom is 0.235 e. The Labute approximate surface area is 183 Å². The van der Waals surface area contributed by atoms with Gasteiger partial charge in [0.15, 0.2) is 4.34 Å². The van der Waals surface area contributed by atoms with Crippen molar-refractivity contribution in [3.63, 3.8) is 0 Å². The summed E-state index contributed by atoms with van der Waals surface area (Å²) in [7, 11) is 1.71. The standard InChI is InChI=1S/C21H23FN4O2S2/c1-4-28-18-11-6-5-10-17(18)23-20-24-25-21(30-20)29-14(2)19(27)26(3)13-15-8-7-9-16(22)12-15/h5-12,14H,4,13H2,1-3H3,(H,23,24). The van der Waals surface area contributed by atoms with Crippen molar-refractivity contribution in [2.24, 2.45) is 0 Å². The molecule has 0 aliphatic heterocycles. The zero-order valence-electron chi connectivity index (χ0n) is 17.0. The number of hydrogen-bond donors (Lipinski definition) is 1. The fraction of sp³-hybridized carbons (Fsp3) is 0.286. The van der Waals surface area contributed by atoms with Crippen LogP contribution in [-0.2, 0) is 11.3 Å². The van der Waals surface area contributed by atoms with E-state index in [1.165, 1.54) is 35.2 Å². The van der Waals surface area contributed by atoms with E-state index in [1.54, 1.807) is 24.1 Å². The minimum absolute atomic E-state index is 0.0596. The molecule has 0 aliphatic rings. The molecule has 6 nitrogen and oxygen atoms in total. The van der Waals surface area contributed by atoms with E-state index in [9.17, 15) is 9.18 Å². The Morgan fingerprint density at radius 1 is 1.27 bits per heavy atom. The number of amides is 1. The lowest BCUT2D eigenvalue weighted by Gasteiger charge is -2.20. The second-order valence-corrected chi connectivity index (χ2v) is 9.08. The Kier molecular flexibility index (Phi) is 7.64. The molecule has 9 heteroatoms. The van der Waals surface area contributed by atoms with Crippen molar-refractivity contribution in [2.75, 3.05) is 19.0 Å². The van der Waals surface area contributed by atoms with Gasteiger partial charge < -0.3 is 15.0 Å². The summed E-state index contributed by atoms with van der Waals surface area (Å²) in [5.74, 6) is 0.373. The number of para-hydroxylation sites is 2. The van der Waals surface area contributed by atoms with Crippen molar-refractivity contribution in [1.82, 2.24) is 15.1 Å². The van der Waals surface area contributed by atoms with Gasteiger partial charge in [-0.1, -0.05) is 47.4 Å². The summed E-state index contributed by atoms with van der Waals surface area (Å²) in [5, 5.41) is 11.8. The SMILES string of the molecule is CCOc1ccccc1Nc1nnc(SC(C)C(=O)N(C)Cc2cccc(F)c2)s1. The number of rotatable bonds is 9. The third-order valence-corrected chi connectivity index (χ3v) is 6.16. The number of anilines is 2. The monoisotopic (exact) mass is 446 g/mol. The van der Waals surface area contributed by atoms with E-state index in [2.05, 4.69) is 15.5 Å². The first-order valence-corrected chi connectivity index (χ1v) is 11.1. The lowest BCUT2D eigenvalue weighted by Crippen LogP contribution is -2.32. The van der Waals surface area contributed by atoms with Gasteiger partial charge in [0.25, 0.3) is 0 Å². The predicted octanol–water partition coefficient (Wildman–Crippen LogP) is 4.96. The Bertz CT molecular complexity index is 998. The normalized spacial score (nSPS) is 11.7. The molecule has 1 amide bonds. The molecular formula is C21H23FN4O2S2. The molecule has 0 aliphatic carbocycles. The van der Waals surface area contributed by atoms with Gasteiger partial charge in [-0.2, -0.15) is 0 Å². The van der Waals surface area contributed by atoms with E-state index in [0.717, 1.165) is 17.0 Å². The smallest absolute Gasteiger partial charge is 0.235 e.